The van der Waals surface area contributed by atoms with Crippen LogP contribution in [0.1, 0.15) is 22.8 Å². The Morgan fingerprint density at radius 1 is 0.382 bits per heavy atom. The Labute approximate surface area is 333 Å². The van der Waals surface area contributed by atoms with Gasteiger partial charge in [-0.25, -0.2) is 14.5 Å². The Morgan fingerprint density at radius 2 is 0.691 bits per heavy atom. The average Bonchev–Trinajstić information content (AvgIpc) is 4.07. The minimum absolute atomic E-state index is 0.881. The average molecular weight is 769 g/mol. The van der Waals surface area contributed by atoms with Gasteiger partial charge in [-0.1, -0.05) is 36.4 Å². The van der Waals surface area contributed by atoms with E-state index in [0.29, 0.717) is 0 Å². The van der Waals surface area contributed by atoms with Crippen molar-refractivity contribution in [2.45, 2.75) is 14.7 Å². The molecule has 8 bridgehead atoms. The van der Waals surface area contributed by atoms with Crippen LogP contribution in [0.2, 0.25) is 0 Å². The predicted octanol–water partition coefficient (Wildman–Crippen LogP) is 12.3. The van der Waals surface area contributed by atoms with Crippen LogP contribution in [0, 0.1) is 0 Å². The summed E-state index contributed by atoms with van der Waals surface area (Å²) in [5.74, 6) is 0. The zero-order valence-electron chi connectivity index (χ0n) is 30.9. The zero-order valence-corrected chi connectivity index (χ0v) is 33.4. The fourth-order valence-corrected chi connectivity index (χ4v) is 8.59. The Kier molecular flexibility index (Phi) is 9.56. The van der Waals surface area contributed by atoms with Crippen LogP contribution < -0.4 is 4.57 Å². The lowest BCUT2D eigenvalue weighted by Gasteiger charge is -2.08. The first kappa shape index (κ1) is 35.2. The van der Waals surface area contributed by atoms with Gasteiger partial charge in [-0.05, 0) is 126 Å². The number of aryl methyl sites for hydroxylation is 1. The second-order valence-corrected chi connectivity index (χ2v) is 16.1. The van der Waals surface area contributed by atoms with E-state index in [1.165, 1.54) is 14.7 Å². The molecule has 2 aliphatic rings. The molecular weight excluding hydrogens is 731 g/mol. The molecule has 9 rings (SSSR count). The monoisotopic (exact) mass is 768 g/mol. The second kappa shape index (κ2) is 14.9. The molecular formula is C47H38N5S3+. The highest BCUT2D eigenvalue weighted by molar-refractivity contribution is 7.99. The van der Waals surface area contributed by atoms with Gasteiger partial charge in [0.05, 0.1) is 22.8 Å². The topological polar surface area (TPSA) is 61.2 Å². The van der Waals surface area contributed by atoms with Gasteiger partial charge in [-0.2, -0.15) is 0 Å². The number of aromatic amines is 2. The smallest absolute Gasteiger partial charge is 0.169 e. The van der Waals surface area contributed by atoms with Crippen molar-refractivity contribution in [1.29, 1.82) is 0 Å². The van der Waals surface area contributed by atoms with Gasteiger partial charge in [0.2, 0.25) is 0 Å². The summed E-state index contributed by atoms with van der Waals surface area (Å²) in [6.45, 7) is 0. The van der Waals surface area contributed by atoms with Crippen molar-refractivity contribution < 1.29 is 4.57 Å². The van der Waals surface area contributed by atoms with E-state index in [4.69, 9.17) is 9.97 Å². The number of pyridine rings is 1. The largest absolute Gasteiger partial charge is 0.354 e. The summed E-state index contributed by atoms with van der Waals surface area (Å²) in [5.41, 5.74) is 16.1. The SMILES string of the molecule is CSc1ccc(-c2c3nc(c(-c4ccc(SC)cc4)c4ccc([nH]4)c(-c4cc[n+](C)cc4)c4ccc([nH]4)c(-c4ccc(SC)cc4)c4nc2C=C4)C=C3)cc1. The third kappa shape index (κ3) is 6.75. The van der Waals surface area contributed by atoms with Crippen LogP contribution in [0.15, 0.2) is 136 Å². The molecule has 0 radical (unpaired) electrons. The Balaban J connectivity index is 1.44. The van der Waals surface area contributed by atoms with E-state index >= 15 is 0 Å². The van der Waals surface area contributed by atoms with Crippen molar-refractivity contribution in [2.75, 3.05) is 18.8 Å². The highest BCUT2D eigenvalue weighted by atomic mass is 32.2. The first-order chi connectivity index (χ1) is 27.0. The van der Waals surface area contributed by atoms with Gasteiger partial charge in [0.15, 0.2) is 12.4 Å². The maximum atomic E-state index is 5.43. The van der Waals surface area contributed by atoms with Crippen molar-refractivity contribution in [3.8, 4) is 44.5 Å². The predicted molar refractivity (Wildman–Crippen MR) is 237 cm³/mol. The molecule has 0 atom stereocenters. The molecule has 0 spiro atoms. The molecule has 3 aromatic carbocycles. The van der Waals surface area contributed by atoms with Gasteiger partial charge in [-0.3, -0.25) is 0 Å². The second-order valence-electron chi connectivity index (χ2n) is 13.4. The lowest BCUT2D eigenvalue weighted by Crippen LogP contribution is -2.25. The summed E-state index contributed by atoms with van der Waals surface area (Å²) >= 11 is 5.22. The normalized spacial score (nSPS) is 12.1. The molecule has 7 aromatic rings. The van der Waals surface area contributed by atoms with Crippen LogP contribution in [0.5, 0.6) is 0 Å². The number of benzene rings is 3. The molecule has 0 saturated carbocycles. The van der Waals surface area contributed by atoms with Crippen molar-refractivity contribution in [1.82, 2.24) is 19.9 Å². The number of thioether (sulfide) groups is 3. The number of H-pyrrole nitrogens is 2. The summed E-state index contributed by atoms with van der Waals surface area (Å²) in [6, 6.07) is 39.4. The molecule has 8 heteroatoms. The highest BCUT2D eigenvalue weighted by Gasteiger charge is 2.20. The van der Waals surface area contributed by atoms with E-state index in [-0.39, 0.29) is 0 Å². The number of hydrogen-bond donors (Lipinski definition) is 2. The first-order valence-corrected chi connectivity index (χ1v) is 21.7. The van der Waals surface area contributed by atoms with E-state index in [1.54, 1.807) is 35.3 Å². The molecule has 0 unspecified atom stereocenters. The third-order valence-corrected chi connectivity index (χ3v) is 12.4. The molecule has 6 heterocycles. The Hall–Kier alpha value is -5.54. The lowest BCUT2D eigenvalue weighted by molar-refractivity contribution is -0.671. The van der Waals surface area contributed by atoms with Gasteiger partial charge >= 0.3 is 0 Å². The van der Waals surface area contributed by atoms with Crippen molar-refractivity contribution in [2.24, 2.45) is 7.05 Å². The molecule has 5 nitrogen and oxygen atoms in total. The van der Waals surface area contributed by atoms with Gasteiger partial charge < -0.3 is 9.97 Å². The van der Waals surface area contributed by atoms with Crippen molar-refractivity contribution >= 4 is 81.7 Å². The van der Waals surface area contributed by atoms with Gasteiger partial charge in [0.25, 0.3) is 0 Å². The summed E-state index contributed by atoms with van der Waals surface area (Å²) < 4.78 is 2.06. The van der Waals surface area contributed by atoms with Crippen molar-refractivity contribution in [3.63, 3.8) is 0 Å². The quantitative estimate of drug-likeness (QED) is 0.125. The molecule has 268 valence electrons. The molecule has 55 heavy (non-hydrogen) atoms. The number of hydrogen-bond acceptors (Lipinski definition) is 5. The van der Waals surface area contributed by atoms with Crippen LogP contribution in [0.4, 0.5) is 0 Å². The zero-order chi connectivity index (χ0) is 37.5. The number of rotatable bonds is 7. The summed E-state index contributed by atoms with van der Waals surface area (Å²) in [5, 5.41) is 0. The number of fused-ring (bicyclic) bond motifs is 8. The summed E-state index contributed by atoms with van der Waals surface area (Å²) in [7, 11) is 2.05. The standard InChI is InChI=1S/C47H37N5S3/c1-52-27-25-32(26-28-52)47-42-23-21-40(50-42)45(30-7-13-34(54-3)14-8-30)38-19-17-36(48-38)44(29-5-11-33(53-2)12-6-29)37-18-20-39(49-37)46(41-22-24-43(47)51-41)31-9-15-35(55-4)16-10-31/h5-28H,1-4H3,(H,48,49,50,51)/p+1. The minimum Gasteiger partial charge on any atom is -0.354 e. The van der Waals surface area contributed by atoms with E-state index in [1.807, 2.05) is 7.05 Å². The van der Waals surface area contributed by atoms with Gasteiger partial charge in [-0.15, -0.1) is 35.3 Å². The fourth-order valence-electron chi connectivity index (χ4n) is 7.36. The third-order valence-electron chi connectivity index (χ3n) is 10.2. The molecule has 0 aliphatic carbocycles. The lowest BCUT2D eigenvalue weighted by atomic mass is 10.0. The summed E-state index contributed by atoms with van der Waals surface area (Å²) in [4.78, 5) is 22.3. The Bertz CT molecular complexity index is 2650. The molecule has 4 aromatic heterocycles. The van der Waals surface area contributed by atoms with Crippen molar-refractivity contribution in [3.05, 3.63) is 144 Å². The number of nitrogens with one attached hydrogen (secondary N) is 2. The van der Waals surface area contributed by atoms with E-state index < -0.39 is 0 Å². The molecule has 0 fully saturated rings. The van der Waals surface area contributed by atoms with Gasteiger partial charge in [0.1, 0.15) is 7.05 Å². The molecule has 0 saturated heterocycles. The first-order valence-electron chi connectivity index (χ1n) is 18.0. The molecule has 2 aliphatic heterocycles. The van der Waals surface area contributed by atoms with E-state index in [9.17, 15) is 0 Å². The van der Waals surface area contributed by atoms with Crippen LogP contribution in [0.25, 0.3) is 90.9 Å². The van der Waals surface area contributed by atoms with E-state index in [0.717, 1.165) is 89.4 Å². The van der Waals surface area contributed by atoms with Crippen LogP contribution in [-0.2, 0) is 7.05 Å². The highest BCUT2D eigenvalue weighted by Crippen LogP contribution is 2.39. The summed E-state index contributed by atoms with van der Waals surface area (Å²) in [6.07, 6.45) is 19.1. The fraction of sp³-hybridized carbons (Fsp3) is 0.0851. The van der Waals surface area contributed by atoms with Gasteiger partial charge in [0, 0.05) is 71.1 Å². The minimum atomic E-state index is 0.881. The Morgan fingerprint density at radius 3 is 1.05 bits per heavy atom. The molecule has 2 N–H and O–H groups in total. The van der Waals surface area contributed by atoms with Crippen LogP contribution in [-0.4, -0.2) is 38.7 Å². The maximum Gasteiger partial charge on any atom is 0.169 e. The van der Waals surface area contributed by atoms with Crippen LogP contribution >= 0.6 is 35.3 Å². The van der Waals surface area contributed by atoms with Crippen LogP contribution in [0.3, 0.4) is 0 Å². The van der Waals surface area contributed by atoms with E-state index in [2.05, 4.69) is 179 Å². The molecule has 0 amide bonds. The number of nitrogens with zero attached hydrogens (tertiary/aromatic N) is 3. The maximum absolute atomic E-state index is 5.43. The number of aromatic nitrogens is 5.